The average molecular weight is 338 g/mol. The van der Waals surface area contributed by atoms with Crippen molar-refractivity contribution in [1.82, 2.24) is 9.80 Å². The number of piperazine rings is 1. The fourth-order valence-corrected chi connectivity index (χ4v) is 2.82. The molecule has 1 heterocycles. The van der Waals surface area contributed by atoms with Crippen molar-refractivity contribution in [1.29, 1.82) is 0 Å². The molecule has 5 heteroatoms. The minimum absolute atomic E-state index is 0.112. The van der Waals surface area contributed by atoms with Crippen molar-refractivity contribution in [2.24, 2.45) is 0 Å². The Morgan fingerprint density at radius 3 is 2.08 bits per heavy atom. The highest BCUT2D eigenvalue weighted by molar-refractivity contribution is 5.97. The third-order valence-electron chi connectivity index (χ3n) is 4.30. The van der Waals surface area contributed by atoms with E-state index in [0.29, 0.717) is 32.7 Å². The molecule has 0 atom stereocenters. The van der Waals surface area contributed by atoms with Crippen LogP contribution in [-0.2, 0) is 11.3 Å². The SMILES string of the molecule is O=C(CN1CCN(C(=O)OCc2ccccc2)CC1)c1ccccc1. The van der Waals surface area contributed by atoms with Crippen LogP contribution in [0.1, 0.15) is 15.9 Å². The minimum Gasteiger partial charge on any atom is -0.445 e. The van der Waals surface area contributed by atoms with E-state index < -0.39 is 0 Å². The number of ketones is 1. The van der Waals surface area contributed by atoms with Crippen LogP contribution in [0.5, 0.6) is 0 Å². The lowest BCUT2D eigenvalue weighted by molar-refractivity contribution is 0.0678. The minimum atomic E-state index is -0.294. The molecule has 0 bridgehead atoms. The van der Waals surface area contributed by atoms with Crippen LogP contribution in [-0.4, -0.2) is 54.4 Å². The largest absolute Gasteiger partial charge is 0.445 e. The molecule has 130 valence electrons. The Balaban J connectivity index is 1.42. The van der Waals surface area contributed by atoms with Crippen LogP contribution in [0.25, 0.3) is 0 Å². The Morgan fingerprint density at radius 1 is 0.840 bits per heavy atom. The van der Waals surface area contributed by atoms with Gasteiger partial charge in [0.15, 0.2) is 5.78 Å². The first-order chi connectivity index (χ1) is 12.2. The summed E-state index contributed by atoms with van der Waals surface area (Å²) in [4.78, 5) is 28.2. The first-order valence-corrected chi connectivity index (χ1v) is 8.48. The quantitative estimate of drug-likeness (QED) is 0.787. The number of Topliss-reactive ketones (excluding diaryl/α,β-unsaturated/α-hetero) is 1. The molecule has 0 radical (unpaired) electrons. The number of rotatable bonds is 5. The number of nitrogens with zero attached hydrogens (tertiary/aromatic N) is 2. The first kappa shape index (κ1) is 17.2. The molecule has 0 unspecified atom stereocenters. The van der Waals surface area contributed by atoms with Crippen LogP contribution in [0.4, 0.5) is 4.79 Å². The molecule has 25 heavy (non-hydrogen) atoms. The molecular formula is C20H22N2O3. The lowest BCUT2D eigenvalue weighted by Gasteiger charge is -2.33. The average Bonchev–Trinajstić information content (AvgIpc) is 2.68. The molecule has 5 nitrogen and oxygen atoms in total. The molecule has 1 aliphatic rings. The number of hydrogen-bond acceptors (Lipinski definition) is 4. The summed E-state index contributed by atoms with van der Waals surface area (Å²) in [6.07, 6.45) is -0.294. The van der Waals surface area contributed by atoms with Crippen LogP contribution in [0.3, 0.4) is 0 Å². The van der Waals surface area contributed by atoms with Gasteiger partial charge in [-0.05, 0) is 5.56 Å². The Morgan fingerprint density at radius 2 is 1.44 bits per heavy atom. The van der Waals surface area contributed by atoms with Gasteiger partial charge in [-0.1, -0.05) is 60.7 Å². The molecule has 1 fully saturated rings. The van der Waals surface area contributed by atoms with E-state index in [4.69, 9.17) is 4.74 Å². The molecule has 1 saturated heterocycles. The van der Waals surface area contributed by atoms with Gasteiger partial charge in [-0.15, -0.1) is 0 Å². The molecule has 0 N–H and O–H groups in total. The van der Waals surface area contributed by atoms with E-state index in [1.165, 1.54) is 0 Å². The third-order valence-corrected chi connectivity index (χ3v) is 4.30. The fourth-order valence-electron chi connectivity index (χ4n) is 2.82. The van der Waals surface area contributed by atoms with Crippen LogP contribution in [0.15, 0.2) is 60.7 Å². The first-order valence-electron chi connectivity index (χ1n) is 8.48. The summed E-state index contributed by atoms with van der Waals surface area (Å²) in [5.41, 5.74) is 1.70. The Kier molecular flexibility index (Phi) is 5.80. The second-order valence-corrected chi connectivity index (χ2v) is 6.09. The van der Waals surface area contributed by atoms with Crippen molar-refractivity contribution < 1.29 is 14.3 Å². The van der Waals surface area contributed by atoms with E-state index in [2.05, 4.69) is 4.90 Å². The van der Waals surface area contributed by atoms with Crippen molar-refractivity contribution in [2.45, 2.75) is 6.61 Å². The summed E-state index contributed by atoms with van der Waals surface area (Å²) in [6.45, 7) is 3.19. The third kappa shape index (κ3) is 4.90. The van der Waals surface area contributed by atoms with Gasteiger partial charge in [0.25, 0.3) is 0 Å². The normalized spacial score (nSPS) is 15.0. The molecular weight excluding hydrogens is 316 g/mol. The standard InChI is InChI=1S/C20H22N2O3/c23-19(18-9-5-2-6-10-18)15-21-11-13-22(14-12-21)20(24)25-16-17-7-3-1-4-8-17/h1-10H,11-16H2. The molecule has 0 saturated carbocycles. The smallest absolute Gasteiger partial charge is 0.410 e. The van der Waals surface area contributed by atoms with E-state index in [1.807, 2.05) is 60.7 Å². The monoisotopic (exact) mass is 338 g/mol. The second kappa shape index (κ2) is 8.44. The topological polar surface area (TPSA) is 49.9 Å². The Labute approximate surface area is 147 Å². The summed E-state index contributed by atoms with van der Waals surface area (Å²) >= 11 is 0. The summed E-state index contributed by atoms with van der Waals surface area (Å²) in [5.74, 6) is 0.112. The van der Waals surface area contributed by atoms with Crippen molar-refractivity contribution in [2.75, 3.05) is 32.7 Å². The van der Waals surface area contributed by atoms with Crippen LogP contribution >= 0.6 is 0 Å². The number of hydrogen-bond donors (Lipinski definition) is 0. The predicted octanol–water partition coefficient (Wildman–Crippen LogP) is 2.82. The fraction of sp³-hybridized carbons (Fsp3) is 0.300. The van der Waals surface area contributed by atoms with Crippen LogP contribution in [0, 0.1) is 0 Å². The highest BCUT2D eigenvalue weighted by Gasteiger charge is 2.23. The zero-order chi connectivity index (χ0) is 17.5. The number of carbonyl (C=O) groups is 2. The molecule has 2 aromatic carbocycles. The maximum atomic E-state index is 12.2. The van der Waals surface area contributed by atoms with Crippen molar-refractivity contribution >= 4 is 11.9 Å². The van der Waals surface area contributed by atoms with Gasteiger partial charge in [0.2, 0.25) is 0 Å². The van der Waals surface area contributed by atoms with Gasteiger partial charge in [-0.25, -0.2) is 4.79 Å². The van der Waals surface area contributed by atoms with E-state index in [0.717, 1.165) is 11.1 Å². The van der Waals surface area contributed by atoms with Gasteiger partial charge in [0.1, 0.15) is 6.61 Å². The molecule has 0 spiro atoms. The van der Waals surface area contributed by atoms with E-state index >= 15 is 0 Å². The lowest BCUT2D eigenvalue weighted by Crippen LogP contribution is -2.50. The van der Waals surface area contributed by atoms with Crippen LogP contribution in [0.2, 0.25) is 0 Å². The number of ether oxygens (including phenoxy) is 1. The van der Waals surface area contributed by atoms with E-state index in [9.17, 15) is 9.59 Å². The molecule has 1 amide bonds. The van der Waals surface area contributed by atoms with Gasteiger partial charge >= 0.3 is 6.09 Å². The van der Waals surface area contributed by atoms with Crippen molar-refractivity contribution in [3.8, 4) is 0 Å². The number of amides is 1. The summed E-state index contributed by atoms with van der Waals surface area (Å²) < 4.78 is 5.35. The number of benzene rings is 2. The molecule has 0 aliphatic carbocycles. The maximum Gasteiger partial charge on any atom is 0.410 e. The highest BCUT2D eigenvalue weighted by Crippen LogP contribution is 2.08. The zero-order valence-electron chi connectivity index (χ0n) is 14.1. The van der Waals surface area contributed by atoms with E-state index in [1.54, 1.807) is 4.90 Å². The Bertz CT molecular complexity index is 695. The molecule has 2 aromatic rings. The van der Waals surface area contributed by atoms with Gasteiger partial charge in [0, 0.05) is 31.7 Å². The highest BCUT2D eigenvalue weighted by atomic mass is 16.6. The zero-order valence-corrected chi connectivity index (χ0v) is 14.1. The van der Waals surface area contributed by atoms with Crippen molar-refractivity contribution in [3.63, 3.8) is 0 Å². The van der Waals surface area contributed by atoms with Crippen molar-refractivity contribution in [3.05, 3.63) is 71.8 Å². The molecule has 3 rings (SSSR count). The maximum absolute atomic E-state index is 12.2. The molecule has 1 aliphatic heterocycles. The summed E-state index contributed by atoms with van der Waals surface area (Å²) in [6, 6.07) is 18.9. The van der Waals surface area contributed by atoms with E-state index in [-0.39, 0.29) is 18.5 Å². The van der Waals surface area contributed by atoms with Crippen LogP contribution < -0.4 is 0 Å². The number of carbonyl (C=O) groups excluding carboxylic acids is 2. The van der Waals surface area contributed by atoms with Gasteiger partial charge in [-0.3, -0.25) is 9.69 Å². The van der Waals surface area contributed by atoms with Gasteiger partial charge in [-0.2, -0.15) is 0 Å². The summed E-state index contributed by atoms with van der Waals surface area (Å²) in [7, 11) is 0. The van der Waals surface area contributed by atoms with Gasteiger partial charge in [0.05, 0.1) is 6.54 Å². The Hall–Kier alpha value is -2.66. The second-order valence-electron chi connectivity index (χ2n) is 6.09. The molecule has 0 aromatic heterocycles. The lowest BCUT2D eigenvalue weighted by atomic mass is 10.1. The summed E-state index contributed by atoms with van der Waals surface area (Å²) in [5, 5.41) is 0. The van der Waals surface area contributed by atoms with Gasteiger partial charge < -0.3 is 9.64 Å². The predicted molar refractivity (Wildman–Crippen MR) is 95.4 cm³/mol.